The molecule has 0 aromatic heterocycles. The lowest BCUT2D eigenvalue weighted by molar-refractivity contribution is -0.139. The molecule has 1 N–H and O–H groups in total. The van der Waals surface area contributed by atoms with Crippen LogP contribution in [0, 0.1) is 0 Å². The summed E-state index contributed by atoms with van der Waals surface area (Å²) in [5, 5.41) is 2.55. The van der Waals surface area contributed by atoms with Crippen LogP contribution in [-0.4, -0.2) is 37.3 Å². The van der Waals surface area contributed by atoms with Crippen LogP contribution in [0.2, 0.25) is 5.02 Å². The van der Waals surface area contributed by atoms with Gasteiger partial charge in [0.2, 0.25) is 0 Å². The second kappa shape index (κ2) is 8.79. The van der Waals surface area contributed by atoms with Crippen molar-refractivity contribution in [2.24, 2.45) is 0 Å². The first kappa shape index (κ1) is 22.3. The van der Waals surface area contributed by atoms with Crippen molar-refractivity contribution in [1.29, 1.82) is 0 Å². The van der Waals surface area contributed by atoms with E-state index in [0.29, 0.717) is 26.2 Å². The van der Waals surface area contributed by atoms with Gasteiger partial charge in [-0.15, -0.1) is 12.4 Å². The summed E-state index contributed by atoms with van der Waals surface area (Å²) in [4.78, 5) is 1.75. The number of halogens is 8. The zero-order valence-electron chi connectivity index (χ0n) is 13.1. The van der Waals surface area contributed by atoms with Gasteiger partial charge in [-0.3, -0.25) is 4.90 Å². The molecule has 0 bridgehead atoms. The normalized spacial score (nSPS) is 17.9. The molecule has 1 saturated heterocycles. The van der Waals surface area contributed by atoms with E-state index in [1.807, 2.05) is 0 Å². The Labute approximate surface area is 152 Å². The summed E-state index contributed by atoms with van der Waals surface area (Å²) >= 11 is 5.91. The fourth-order valence-electron chi connectivity index (χ4n) is 2.86. The van der Waals surface area contributed by atoms with Crippen molar-refractivity contribution in [1.82, 2.24) is 10.2 Å². The molecule has 2 nitrogen and oxygen atoms in total. The summed E-state index contributed by atoms with van der Waals surface area (Å²) in [5.41, 5.74) is -0.925. The lowest BCUT2D eigenvalue weighted by Gasteiger charge is -2.36. The average molecular weight is 411 g/mol. The van der Waals surface area contributed by atoms with Crippen molar-refractivity contribution >= 4 is 24.0 Å². The third-order valence-electron chi connectivity index (χ3n) is 3.99. The molecule has 1 aliphatic heterocycles. The summed E-state index contributed by atoms with van der Waals surface area (Å²) in [6.07, 6.45) is -10.4. The van der Waals surface area contributed by atoms with E-state index >= 15 is 0 Å². The first-order valence-electron chi connectivity index (χ1n) is 7.47. The van der Waals surface area contributed by atoms with Crippen molar-refractivity contribution in [2.45, 2.75) is 31.2 Å². The van der Waals surface area contributed by atoms with E-state index < -0.39 is 35.4 Å². The van der Waals surface area contributed by atoms with Crippen LogP contribution in [0.15, 0.2) is 18.2 Å². The van der Waals surface area contributed by atoms with E-state index in [-0.39, 0.29) is 24.4 Å². The van der Waals surface area contributed by atoms with Gasteiger partial charge in [-0.05, 0) is 18.1 Å². The molecule has 1 fully saturated rings. The summed E-state index contributed by atoms with van der Waals surface area (Å²) in [5.74, 6) is 0. The minimum Gasteiger partial charge on any atom is -0.314 e. The van der Waals surface area contributed by atoms with E-state index in [9.17, 15) is 26.3 Å². The molecule has 1 aromatic rings. The van der Waals surface area contributed by atoms with Crippen LogP contribution >= 0.6 is 24.0 Å². The number of nitrogens with zero attached hydrogens (tertiary/aromatic N) is 1. The Bertz CT molecular complexity index is 556. The minimum atomic E-state index is -4.65. The monoisotopic (exact) mass is 410 g/mol. The number of piperazine rings is 1. The highest BCUT2D eigenvalue weighted by Crippen LogP contribution is 2.41. The highest BCUT2D eigenvalue weighted by atomic mass is 35.5. The molecule has 0 spiro atoms. The maximum atomic E-state index is 13.0. The van der Waals surface area contributed by atoms with E-state index in [1.54, 1.807) is 4.90 Å². The Morgan fingerprint density at radius 1 is 1.08 bits per heavy atom. The first-order chi connectivity index (χ1) is 11.1. The van der Waals surface area contributed by atoms with Gasteiger partial charge in [0, 0.05) is 38.6 Å². The Balaban J connectivity index is 0.00000312. The second-order valence-electron chi connectivity index (χ2n) is 5.66. The highest BCUT2D eigenvalue weighted by molar-refractivity contribution is 6.32. The highest BCUT2D eigenvalue weighted by Gasteiger charge is 2.37. The summed E-state index contributed by atoms with van der Waals surface area (Å²) in [6, 6.07) is 2.60. The lowest BCUT2D eigenvalue weighted by atomic mass is 9.97. The van der Waals surface area contributed by atoms with Crippen LogP contribution in [0.4, 0.5) is 26.3 Å². The van der Waals surface area contributed by atoms with Gasteiger partial charge >= 0.3 is 12.4 Å². The third kappa shape index (κ3) is 6.20. The van der Waals surface area contributed by atoms with Gasteiger partial charge in [-0.25, -0.2) is 0 Å². The molecule has 0 radical (unpaired) electrons. The van der Waals surface area contributed by atoms with E-state index in [0.717, 1.165) is 6.07 Å². The number of benzene rings is 1. The Morgan fingerprint density at radius 2 is 1.68 bits per heavy atom. The van der Waals surface area contributed by atoms with Gasteiger partial charge < -0.3 is 5.32 Å². The second-order valence-corrected chi connectivity index (χ2v) is 6.04. The van der Waals surface area contributed by atoms with Gasteiger partial charge in [0.25, 0.3) is 0 Å². The van der Waals surface area contributed by atoms with Crippen LogP contribution in [0.1, 0.15) is 30.0 Å². The molecule has 10 heteroatoms. The van der Waals surface area contributed by atoms with E-state index in [1.165, 1.54) is 12.1 Å². The molecule has 1 aromatic carbocycles. The predicted octanol–water partition coefficient (Wildman–Crippen LogP) is 5.07. The molecular formula is C15H18Cl2F6N2. The molecule has 1 heterocycles. The molecular weight excluding hydrogens is 393 g/mol. The number of alkyl halides is 6. The SMILES string of the molecule is Cl.FC(F)(F)CC[C@@H](c1cccc(C(F)(F)F)c1Cl)N1CCNCC1. The fraction of sp³-hybridized carbons (Fsp3) is 0.600. The van der Waals surface area contributed by atoms with Gasteiger partial charge in [0.05, 0.1) is 10.6 Å². The standard InChI is InChI=1S/C15H17ClF6N2.ClH/c16-13-10(2-1-3-11(13)15(20,21)22)12(4-5-14(17,18)19)24-8-6-23-7-9-24;/h1-3,12,23H,4-9H2;1H/t12-;/m0./s1. The van der Waals surface area contributed by atoms with Crippen molar-refractivity contribution in [3.63, 3.8) is 0 Å². The summed E-state index contributed by atoms with van der Waals surface area (Å²) in [6.45, 7) is 2.04. The number of nitrogens with one attached hydrogen (secondary N) is 1. The van der Waals surface area contributed by atoms with Crippen LogP contribution in [-0.2, 0) is 6.18 Å². The van der Waals surface area contributed by atoms with Crippen LogP contribution in [0.5, 0.6) is 0 Å². The molecule has 0 amide bonds. The van der Waals surface area contributed by atoms with Gasteiger partial charge in [-0.1, -0.05) is 23.7 Å². The molecule has 1 aliphatic rings. The third-order valence-corrected chi connectivity index (χ3v) is 4.41. The van der Waals surface area contributed by atoms with Gasteiger partial charge in [0.15, 0.2) is 0 Å². The number of hydrogen-bond acceptors (Lipinski definition) is 2. The van der Waals surface area contributed by atoms with E-state index in [4.69, 9.17) is 11.6 Å². The smallest absolute Gasteiger partial charge is 0.314 e. The zero-order valence-corrected chi connectivity index (χ0v) is 14.6. The van der Waals surface area contributed by atoms with Gasteiger partial charge in [-0.2, -0.15) is 26.3 Å². The lowest BCUT2D eigenvalue weighted by Crippen LogP contribution is -2.45. The Kier molecular flexibility index (Phi) is 7.86. The topological polar surface area (TPSA) is 15.3 Å². The largest absolute Gasteiger partial charge is 0.417 e. The molecule has 0 saturated carbocycles. The quantitative estimate of drug-likeness (QED) is 0.697. The Hall–Kier alpha value is -0.700. The van der Waals surface area contributed by atoms with Crippen molar-refractivity contribution in [3.05, 3.63) is 34.3 Å². The van der Waals surface area contributed by atoms with Crippen LogP contribution in [0.25, 0.3) is 0 Å². The summed E-state index contributed by atoms with van der Waals surface area (Å²) in [7, 11) is 0. The maximum absolute atomic E-state index is 13.0. The molecule has 144 valence electrons. The molecule has 1 atom stereocenters. The van der Waals surface area contributed by atoms with Crippen molar-refractivity contribution < 1.29 is 26.3 Å². The first-order valence-corrected chi connectivity index (χ1v) is 7.84. The zero-order chi connectivity index (χ0) is 18.0. The van der Waals surface area contributed by atoms with E-state index in [2.05, 4.69) is 5.32 Å². The minimum absolute atomic E-state index is 0. The Morgan fingerprint density at radius 3 is 2.20 bits per heavy atom. The average Bonchev–Trinajstić information content (AvgIpc) is 2.48. The summed E-state index contributed by atoms with van der Waals surface area (Å²) < 4.78 is 76.9. The van der Waals surface area contributed by atoms with Crippen LogP contribution in [0.3, 0.4) is 0 Å². The van der Waals surface area contributed by atoms with Crippen LogP contribution < -0.4 is 5.32 Å². The molecule has 0 aliphatic carbocycles. The molecule has 2 rings (SSSR count). The van der Waals surface area contributed by atoms with Crippen molar-refractivity contribution in [3.8, 4) is 0 Å². The molecule has 0 unspecified atom stereocenters. The number of rotatable bonds is 4. The fourth-order valence-corrected chi connectivity index (χ4v) is 3.21. The van der Waals surface area contributed by atoms with Crippen molar-refractivity contribution in [2.75, 3.05) is 26.2 Å². The predicted molar refractivity (Wildman–Crippen MR) is 86.2 cm³/mol. The maximum Gasteiger partial charge on any atom is 0.417 e. The van der Waals surface area contributed by atoms with Gasteiger partial charge in [0.1, 0.15) is 0 Å². The molecule has 25 heavy (non-hydrogen) atoms. The number of hydrogen-bond donors (Lipinski definition) is 1.